The van der Waals surface area contributed by atoms with E-state index in [1.807, 2.05) is 30.3 Å². The number of rotatable bonds is 4. The van der Waals surface area contributed by atoms with E-state index in [2.05, 4.69) is 5.10 Å². The lowest BCUT2D eigenvalue weighted by atomic mass is 10.0. The fraction of sp³-hybridized carbons (Fsp3) is 0.111. The molecule has 0 fully saturated rings. The van der Waals surface area contributed by atoms with Crippen molar-refractivity contribution in [2.45, 2.75) is 10.9 Å². The zero-order valence-electron chi connectivity index (χ0n) is 13.6. The van der Waals surface area contributed by atoms with Gasteiger partial charge in [0.1, 0.15) is 5.92 Å². The predicted octanol–water partition coefficient (Wildman–Crippen LogP) is 2.25. The molecule has 1 atom stereocenters. The molecular formula is C18H15N3O4S. The number of carbonyl (C=O) groups is 1. The van der Waals surface area contributed by atoms with Crippen LogP contribution >= 0.6 is 0 Å². The van der Waals surface area contributed by atoms with Crippen LogP contribution in [0.1, 0.15) is 11.5 Å². The Morgan fingerprint density at radius 1 is 1.04 bits per heavy atom. The summed E-state index contributed by atoms with van der Waals surface area (Å²) in [6.07, 6.45) is 1.57. The summed E-state index contributed by atoms with van der Waals surface area (Å²) in [5, 5.41) is 13.5. The normalized spacial score (nSPS) is 16.5. The number of nitrogens with zero attached hydrogens (tertiary/aromatic N) is 3. The summed E-state index contributed by atoms with van der Waals surface area (Å²) in [5.74, 6) is -1.94. The van der Waals surface area contributed by atoms with E-state index in [9.17, 15) is 18.3 Å². The van der Waals surface area contributed by atoms with Crippen LogP contribution in [0.3, 0.4) is 0 Å². The van der Waals surface area contributed by atoms with Gasteiger partial charge in [0.25, 0.3) is 10.0 Å². The highest BCUT2D eigenvalue weighted by molar-refractivity contribution is 7.92. The summed E-state index contributed by atoms with van der Waals surface area (Å²) >= 11 is 0. The van der Waals surface area contributed by atoms with Gasteiger partial charge in [-0.2, -0.15) is 13.5 Å². The average molecular weight is 369 g/mol. The Hall–Kier alpha value is -3.13. The summed E-state index contributed by atoms with van der Waals surface area (Å²) in [6, 6.07) is 17.2. The van der Waals surface area contributed by atoms with Gasteiger partial charge in [0, 0.05) is 6.20 Å². The van der Waals surface area contributed by atoms with Crippen LogP contribution in [0.2, 0.25) is 0 Å². The molecule has 0 saturated carbocycles. The summed E-state index contributed by atoms with van der Waals surface area (Å²) in [5.41, 5.74) is 1.61. The first-order valence-corrected chi connectivity index (χ1v) is 9.38. The predicted molar refractivity (Wildman–Crippen MR) is 94.9 cm³/mol. The number of anilines is 1. The van der Waals surface area contributed by atoms with Crippen LogP contribution in [-0.4, -0.2) is 35.8 Å². The zero-order valence-corrected chi connectivity index (χ0v) is 14.4. The maximum absolute atomic E-state index is 13.1. The quantitative estimate of drug-likeness (QED) is 0.761. The van der Waals surface area contributed by atoms with Gasteiger partial charge in [-0.3, -0.25) is 9.10 Å². The van der Waals surface area contributed by atoms with Gasteiger partial charge in [-0.15, -0.1) is 0 Å². The molecule has 0 saturated heterocycles. The Balaban J connectivity index is 1.74. The molecule has 0 amide bonds. The van der Waals surface area contributed by atoms with Gasteiger partial charge in [0.2, 0.25) is 0 Å². The molecule has 4 rings (SSSR count). The molecule has 1 N–H and O–H groups in total. The largest absolute Gasteiger partial charge is 0.481 e. The van der Waals surface area contributed by atoms with Crippen LogP contribution in [0.4, 0.5) is 5.69 Å². The van der Waals surface area contributed by atoms with Gasteiger partial charge in [-0.1, -0.05) is 36.4 Å². The number of fused-ring (bicyclic) bond motifs is 1. The fourth-order valence-electron chi connectivity index (χ4n) is 3.09. The molecule has 3 aromatic rings. The lowest BCUT2D eigenvalue weighted by Crippen LogP contribution is -2.31. The number of para-hydroxylation sites is 2. The van der Waals surface area contributed by atoms with E-state index in [0.717, 1.165) is 9.99 Å². The van der Waals surface area contributed by atoms with Crippen molar-refractivity contribution in [2.24, 2.45) is 0 Å². The molecule has 0 bridgehead atoms. The molecule has 8 heteroatoms. The number of aliphatic carboxylic acids is 1. The minimum absolute atomic E-state index is 0.123. The summed E-state index contributed by atoms with van der Waals surface area (Å²) in [4.78, 5) is 11.5. The number of sulfonamides is 1. The van der Waals surface area contributed by atoms with Gasteiger partial charge >= 0.3 is 5.97 Å². The van der Waals surface area contributed by atoms with Crippen LogP contribution in [0.5, 0.6) is 0 Å². The molecule has 26 heavy (non-hydrogen) atoms. The van der Waals surface area contributed by atoms with Crippen LogP contribution < -0.4 is 4.31 Å². The van der Waals surface area contributed by atoms with Gasteiger partial charge < -0.3 is 5.11 Å². The zero-order chi connectivity index (χ0) is 18.3. The van der Waals surface area contributed by atoms with E-state index in [4.69, 9.17) is 0 Å². The van der Waals surface area contributed by atoms with Crippen LogP contribution in [0.15, 0.2) is 71.9 Å². The first kappa shape index (κ1) is 16.3. The van der Waals surface area contributed by atoms with Gasteiger partial charge in [-0.05, 0) is 29.8 Å². The molecule has 0 aliphatic carbocycles. The van der Waals surface area contributed by atoms with Crippen LogP contribution in [0, 0.1) is 0 Å². The number of benzene rings is 2. The summed E-state index contributed by atoms with van der Waals surface area (Å²) in [7, 11) is -3.97. The Bertz CT molecular complexity index is 1080. The number of hydrogen-bond acceptors (Lipinski definition) is 4. The highest BCUT2D eigenvalue weighted by atomic mass is 32.2. The van der Waals surface area contributed by atoms with Crippen molar-refractivity contribution >= 4 is 21.7 Å². The summed E-state index contributed by atoms with van der Waals surface area (Å²) in [6.45, 7) is -0.144. The maximum atomic E-state index is 13.1. The number of hydrogen-bond donors (Lipinski definition) is 1. The van der Waals surface area contributed by atoms with Crippen LogP contribution in [-0.2, 0) is 14.8 Å². The van der Waals surface area contributed by atoms with Crippen molar-refractivity contribution in [2.75, 3.05) is 10.8 Å². The number of carboxylic acids is 1. The minimum atomic E-state index is -3.97. The third-order valence-electron chi connectivity index (χ3n) is 4.37. The highest BCUT2D eigenvalue weighted by Crippen LogP contribution is 2.39. The van der Waals surface area contributed by atoms with E-state index < -0.39 is 21.9 Å². The molecule has 2 aromatic carbocycles. The van der Waals surface area contributed by atoms with Crippen molar-refractivity contribution in [3.05, 3.63) is 72.4 Å². The van der Waals surface area contributed by atoms with Crippen LogP contribution in [0.25, 0.3) is 5.69 Å². The average Bonchev–Trinajstić information content (AvgIpc) is 3.28. The molecule has 2 heterocycles. The molecular weight excluding hydrogens is 354 g/mol. The van der Waals surface area contributed by atoms with E-state index in [0.29, 0.717) is 11.3 Å². The van der Waals surface area contributed by atoms with E-state index >= 15 is 0 Å². The molecule has 0 unspecified atom stereocenters. The first-order valence-electron chi connectivity index (χ1n) is 7.94. The fourth-order valence-corrected chi connectivity index (χ4v) is 4.51. The first-order chi connectivity index (χ1) is 12.5. The number of carboxylic acid groups (broad SMARTS) is 1. The molecule has 1 aliphatic rings. The number of aromatic nitrogens is 2. The second-order valence-electron chi connectivity index (χ2n) is 5.92. The summed E-state index contributed by atoms with van der Waals surface area (Å²) < 4.78 is 28.7. The Morgan fingerprint density at radius 2 is 1.73 bits per heavy atom. The molecule has 7 nitrogen and oxygen atoms in total. The van der Waals surface area contributed by atoms with Crippen molar-refractivity contribution in [3.63, 3.8) is 0 Å². The highest BCUT2D eigenvalue weighted by Gasteiger charge is 2.40. The molecule has 0 radical (unpaired) electrons. The van der Waals surface area contributed by atoms with Crippen molar-refractivity contribution < 1.29 is 18.3 Å². The molecule has 1 aromatic heterocycles. The van der Waals surface area contributed by atoms with E-state index in [1.54, 1.807) is 30.5 Å². The van der Waals surface area contributed by atoms with Crippen molar-refractivity contribution in [1.29, 1.82) is 0 Å². The van der Waals surface area contributed by atoms with Crippen molar-refractivity contribution in [1.82, 2.24) is 9.78 Å². The van der Waals surface area contributed by atoms with E-state index in [1.165, 1.54) is 10.7 Å². The Labute approximate surface area is 150 Å². The molecule has 132 valence electrons. The maximum Gasteiger partial charge on any atom is 0.312 e. The SMILES string of the molecule is O=C(O)[C@H]1CN(S(=O)(=O)c2ccn(-c3ccccc3)n2)c2ccccc21. The smallest absolute Gasteiger partial charge is 0.312 e. The minimum Gasteiger partial charge on any atom is -0.481 e. The third-order valence-corrected chi connectivity index (χ3v) is 6.04. The Kier molecular flexibility index (Phi) is 3.77. The lowest BCUT2D eigenvalue weighted by Gasteiger charge is -2.18. The standard InChI is InChI=1S/C18H15N3O4S/c22-18(23)15-12-21(16-9-5-4-8-14(15)16)26(24,25)17-10-11-20(19-17)13-6-2-1-3-7-13/h1-11,15H,12H2,(H,22,23)/t15-/m0/s1. The molecule has 0 spiro atoms. The topological polar surface area (TPSA) is 92.5 Å². The van der Waals surface area contributed by atoms with Crippen molar-refractivity contribution in [3.8, 4) is 5.69 Å². The monoisotopic (exact) mass is 369 g/mol. The van der Waals surface area contributed by atoms with Gasteiger partial charge in [-0.25, -0.2) is 4.68 Å². The van der Waals surface area contributed by atoms with Gasteiger partial charge in [0.05, 0.1) is 17.9 Å². The van der Waals surface area contributed by atoms with Gasteiger partial charge in [0.15, 0.2) is 5.03 Å². The third kappa shape index (κ3) is 2.55. The lowest BCUT2D eigenvalue weighted by molar-refractivity contribution is -0.138. The second-order valence-corrected chi connectivity index (χ2v) is 7.73. The van der Waals surface area contributed by atoms with E-state index in [-0.39, 0.29) is 11.6 Å². The second kappa shape index (κ2) is 5.99. The molecule has 1 aliphatic heterocycles. The Morgan fingerprint density at radius 3 is 2.46 bits per heavy atom.